The summed E-state index contributed by atoms with van der Waals surface area (Å²) in [5.41, 5.74) is 1.77. The molecule has 7 heteroatoms. The summed E-state index contributed by atoms with van der Waals surface area (Å²) in [5, 5.41) is 4.19. The van der Waals surface area contributed by atoms with Crippen LogP contribution < -0.4 is 0 Å². The second kappa shape index (κ2) is 6.54. The van der Waals surface area contributed by atoms with Crippen molar-refractivity contribution in [2.24, 2.45) is 0 Å². The summed E-state index contributed by atoms with van der Waals surface area (Å²) in [6.07, 6.45) is 4.48. The van der Waals surface area contributed by atoms with Crippen LogP contribution in [-0.4, -0.2) is 50.3 Å². The molecule has 0 N–H and O–H groups in total. The van der Waals surface area contributed by atoms with Crippen LogP contribution in [0.4, 0.5) is 0 Å². The first-order valence-corrected chi connectivity index (χ1v) is 7.98. The first-order chi connectivity index (χ1) is 11.2. The van der Waals surface area contributed by atoms with Crippen molar-refractivity contribution in [3.63, 3.8) is 0 Å². The molecule has 0 saturated carbocycles. The Kier molecular flexibility index (Phi) is 4.47. The molecule has 0 bridgehead atoms. The zero-order valence-corrected chi connectivity index (χ0v) is 13.9. The summed E-state index contributed by atoms with van der Waals surface area (Å²) in [5.74, 6) is 0.973. The van der Waals surface area contributed by atoms with Gasteiger partial charge >= 0.3 is 0 Å². The Hall–Kier alpha value is -2.15. The van der Waals surface area contributed by atoms with Crippen LogP contribution in [0.5, 0.6) is 0 Å². The number of carbonyl (C=O) groups excluding carboxylic acids is 1. The minimum absolute atomic E-state index is 0.0536. The molecule has 3 rings (SSSR count). The number of rotatable bonds is 5. The average Bonchev–Trinajstić information content (AvgIpc) is 3.26. The molecule has 2 aromatic heterocycles. The molecule has 1 aliphatic rings. The zero-order valence-electron chi connectivity index (χ0n) is 13.9. The van der Waals surface area contributed by atoms with Crippen LogP contribution in [0.1, 0.15) is 41.4 Å². The van der Waals surface area contributed by atoms with E-state index in [1.165, 1.54) is 0 Å². The minimum Gasteiger partial charge on any atom is -0.377 e. The normalized spacial score (nSPS) is 17.9. The number of aryl methyl sites for hydroxylation is 2. The second-order valence-electron chi connectivity index (χ2n) is 5.84. The highest BCUT2D eigenvalue weighted by atomic mass is 16.5. The highest BCUT2D eigenvalue weighted by molar-refractivity contribution is 5.92. The van der Waals surface area contributed by atoms with Gasteiger partial charge in [0.2, 0.25) is 0 Å². The molecule has 1 atom stereocenters. The quantitative estimate of drug-likeness (QED) is 0.841. The molecular weight excluding hydrogens is 294 g/mol. The van der Waals surface area contributed by atoms with Crippen molar-refractivity contribution in [2.75, 3.05) is 20.2 Å². The van der Waals surface area contributed by atoms with Gasteiger partial charge in [-0.2, -0.15) is 5.10 Å². The van der Waals surface area contributed by atoms with Crippen molar-refractivity contribution in [3.8, 4) is 0 Å². The monoisotopic (exact) mass is 317 g/mol. The number of aromatic nitrogens is 4. The lowest BCUT2D eigenvalue weighted by Gasteiger charge is -2.19. The van der Waals surface area contributed by atoms with E-state index in [0.29, 0.717) is 25.4 Å². The fourth-order valence-electron chi connectivity index (χ4n) is 3.30. The van der Waals surface area contributed by atoms with Crippen LogP contribution in [0.2, 0.25) is 0 Å². The van der Waals surface area contributed by atoms with Crippen molar-refractivity contribution in [1.82, 2.24) is 24.2 Å². The number of likely N-dealkylation sites (tertiary alicyclic amines) is 1. The largest absolute Gasteiger partial charge is 0.377 e. The summed E-state index contributed by atoms with van der Waals surface area (Å²) >= 11 is 0. The number of carbonyl (C=O) groups is 1. The van der Waals surface area contributed by atoms with Gasteiger partial charge in [-0.05, 0) is 26.3 Å². The molecule has 1 fully saturated rings. The molecule has 1 unspecified atom stereocenters. The van der Waals surface area contributed by atoms with Crippen molar-refractivity contribution in [3.05, 3.63) is 35.7 Å². The van der Waals surface area contributed by atoms with Crippen molar-refractivity contribution < 1.29 is 9.53 Å². The van der Waals surface area contributed by atoms with Gasteiger partial charge < -0.3 is 14.2 Å². The lowest BCUT2D eigenvalue weighted by atomic mass is 10.2. The van der Waals surface area contributed by atoms with Gasteiger partial charge in [0.1, 0.15) is 18.1 Å². The van der Waals surface area contributed by atoms with Crippen molar-refractivity contribution in [1.29, 1.82) is 0 Å². The van der Waals surface area contributed by atoms with Gasteiger partial charge in [0.05, 0.1) is 6.04 Å². The molecular formula is C16H23N5O2. The van der Waals surface area contributed by atoms with Gasteiger partial charge in [0.15, 0.2) is 0 Å². The van der Waals surface area contributed by atoms with Gasteiger partial charge in [-0.25, -0.2) is 4.98 Å². The van der Waals surface area contributed by atoms with Crippen LogP contribution in [-0.2, 0) is 17.9 Å². The van der Waals surface area contributed by atoms with Gasteiger partial charge in [0.25, 0.3) is 5.91 Å². The van der Waals surface area contributed by atoms with Crippen molar-refractivity contribution in [2.45, 2.75) is 39.5 Å². The van der Waals surface area contributed by atoms with E-state index in [9.17, 15) is 4.79 Å². The standard InChI is InChI=1S/C16H23N5O2/c1-4-20-14(5-7-18-20)16(22)19-8-6-13(10-19)21-12(2)9-17-15(21)11-23-3/h5,7,9,13H,4,6,8,10-11H2,1-3H3. The molecule has 0 aromatic carbocycles. The Bertz CT molecular complexity index is 690. The maximum Gasteiger partial charge on any atom is 0.272 e. The molecule has 3 heterocycles. The van der Waals surface area contributed by atoms with E-state index < -0.39 is 0 Å². The van der Waals surface area contributed by atoms with Crippen LogP contribution in [0.25, 0.3) is 0 Å². The van der Waals surface area contributed by atoms with E-state index in [2.05, 4.69) is 14.6 Å². The maximum absolute atomic E-state index is 12.7. The second-order valence-corrected chi connectivity index (χ2v) is 5.84. The summed E-state index contributed by atoms with van der Waals surface area (Å²) in [4.78, 5) is 19.0. The van der Waals surface area contributed by atoms with Crippen LogP contribution in [0, 0.1) is 6.92 Å². The van der Waals surface area contributed by atoms with E-state index in [1.807, 2.05) is 24.9 Å². The number of hydrogen-bond acceptors (Lipinski definition) is 4. The number of methoxy groups -OCH3 is 1. The third-order valence-electron chi connectivity index (χ3n) is 4.38. The number of imidazole rings is 1. The summed E-state index contributed by atoms with van der Waals surface area (Å²) in [7, 11) is 1.67. The van der Waals surface area contributed by atoms with Crippen LogP contribution in [0.3, 0.4) is 0 Å². The van der Waals surface area contributed by atoms with Gasteiger partial charge in [-0.1, -0.05) is 0 Å². The van der Waals surface area contributed by atoms with Gasteiger partial charge in [-0.15, -0.1) is 0 Å². The predicted octanol–water partition coefficient (Wildman–Crippen LogP) is 1.64. The lowest BCUT2D eigenvalue weighted by Crippen LogP contribution is -2.31. The minimum atomic E-state index is 0.0536. The van der Waals surface area contributed by atoms with Crippen molar-refractivity contribution >= 4 is 5.91 Å². The highest BCUT2D eigenvalue weighted by Crippen LogP contribution is 2.26. The van der Waals surface area contributed by atoms with E-state index in [-0.39, 0.29) is 11.9 Å². The Morgan fingerprint density at radius 1 is 1.48 bits per heavy atom. The lowest BCUT2D eigenvalue weighted by molar-refractivity contribution is 0.0774. The zero-order chi connectivity index (χ0) is 16.4. The van der Waals surface area contributed by atoms with E-state index in [4.69, 9.17) is 4.74 Å². The molecule has 23 heavy (non-hydrogen) atoms. The smallest absolute Gasteiger partial charge is 0.272 e. The molecule has 1 saturated heterocycles. The topological polar surface area (TPSA) is 65.2 Å². The molecule has 0 aliphatic carbocycles. The van der Waals surface area contributed by atoms with E-state index >= 15 is 0 Å². The number of amides is 1. The Labute approximate surface area is 135 Å². The first kappa shape index (κ1) is 15.7. The molecule has 0 radical (unpaired) electrons. The molecule has 7 nitrogen and oxygen atoms in total. The fourth-order valence-corrected chi connectivity index (χ4v) is 3.30. The molecule has 0 spiro atoms. The Morgan fingerprint density at radius 2 is 2.30 bits per heavy atom. The average molecular weight is 317 g/mol. The predicted molar refractivity (Wildman–Crippen MR) is 85.1 cm³/mol. The summed E-state index contributed by atoms with van der Waals surface area (Å²) in [6, 6.07) is 2.04. The summed E-state index contributed by atoms with van der Waals surface area (Å²) in [6.45, 7) is 6.67. The number of nitrogens with zero attached hydrogens (tertiary/aromatic N) is 5. The number of ether oxygens (including phenoxy) is 1. The Balaban J connectivity index is 1.76. The fraction of sp³-hybridized carbons (Fsp3) is 0.562. The third kappa shape index (κ3) is 2.88. The Morgan fingerprint density at radius 3 is 3.04 bits per heavy atom. The van der Waals surface area contributed by atoms with Crippen LogP contribution in [0.15, 0.2) is 18.5 Å². The third-order valence-corrected chi connectivity index (χ3v) is 4.38. The molecule has 124 valence electrons. The first-order valence-electron chi connectivity index (χ1n) is 7.98. The summed E-state index contributed by atoms with van der Waals surface area (Å²) < 4.78 is 9.18. The SMILES string of the molecule is CCn1nccc1C(=O)N1CCC(n2c(C)cnc2COC)C1. The molecule has 1 amide bonds. The molecule has 2 aromatic rings. The maximum atomic E-state index is 12.7. The van der Waals surface area contributed by atoms with E-state index in [1.54, 1.807) is 24.1 Å². The van der Waals surface area contributed by atoms with Crippen LogP contribution >= 0.6 is 0 Å². The van der Waals surface area contributed by atoms with Gasteiger partial charge in [0, 0.05) is 44.8 Å². The van der Waals surface area contributed by atoms with Gasteiger partial charge in [-0.3, -0.25) is 9.48 Å². The van der Waals surface area contributed by atoms with E-state index in [0.717, 1.165) is 24.5 Å². The highest BCUT2D eigenvalue weighted by Gasteiger charge is 2.31. The number of hydrogen-bond donors (Lipinski definition) is 0. The molecule has 1 aliphatic heterocycles.